The maximum atomic E-state index is 12.9. The number of pyridine rings is 1. The molecule has 1 saturated heterocycles. The van der Waals surface area contributed by atoms with Crippen LogP contribution in [0.15, 0.2) is 36.7 Å². The van der Waals surface area contributed by atoms with Crippen molar-refractivity contribution in [1.29, 1.82) is 0 Å². The van der Waals surface area contributed by atoms with Gasteiger partial charge in [0.1, 0.15) is 6.10 Å². The second-order valence-electron chi connectivity index (χ2n) is 7.12. The number of rotatable bonds is 5. The molecule has 0 radical (unpaired) electrons. The van der Waals surface area contributed by atoms with E-state index in [-0.39, 0.29) is 12.0 Å². The van der Waals surface area contributed by atoms with Crippen LogP contribution in [0.4, 0.5) is 0 Å². The Labute approximate surface area is 137 Å². The van der Waals surface area contributed by atoms with Gasteiger partial charge in [0.25, 0.3) is 5.91 Å². The first kappa shape index (κ1) is 14.9. The van der Waals surface area contributed by atoms with E-state index in [1.807, 2.05) is 23.2 Å². The first-order valence-corrected chi connectivity index (χ1v) is 8.77. The number of allylic oxidation sites excluding steroid dienone is 2. The average molecular weight is 312 g/mol. The summed E-state index contributed by atoms with van der Waals surface area (Å²) in [5.41, 5.74) is 1.09. The molecule has 2 fully saturated rings. The van der Waals surface area contributed by atoms with Crippen LogP contribution < -0.4 is 0 Å². The molecular weight excluding hydrogens is 288 g/mol. The number of hydrogen-bond donors (Lipinski definition) is 0. The zero-order valence-corrected chi connectivity index (χ0v) is 13.4. The number of aromatic nitrogens is 1. The Balaban J connectivity index is 1.48. The topological polar surface area (TPSA) is 42.4 Å². The number of hydrogen-bond acceptors (Lipinski definition) is 3. The molecule has 3 aliphatic rings. The summed E-state index contributed by atoms with van der Waals surface area (Å²) in [6.45, 7) is 2.21. The van der Waals surface area contributed by atoms with Crippen LogP contribution in [0.2, 0.25) is 0 Å². The molecular formula is C19H24N2O2. The lowest BCUT2D eigenvalue weighted by molar-refractivity contribution is -0.142. The number of carbonyl (C=O) groups is 1. The Kier molecular flexibility index (Phi) is 4.17. The first-order chi connectivity index (χ1) is 11.3. The van der Waals surface area contributed by atoms with Gasteiger partial charge in [-0.1, -0.05) is 18.2 Å². The Bertz CT molecular complexity index is 580. The molecule has 4 rings (SSSR count). The molecule has 122 valence electrons. The van der Waals surface area contributed by atoms with Gasteiger partial charge < -0.3 is 9.64 Å². The third kappa shape index (κ3) is 3.18. The Hall–Kier alpha value is -1.68. The molecule has 0 aromatic carbocycles. The van der Waals surface area contributed by atoms with Crippen LogP contribution in [0.3, 0.4) is 0 Å². The highest BCUT2D eigenvalue weighted by molar-refractivity contribution is 5.81. The van der Waals surface area contributed by atoms with Gasteiger partial charge in [-0.3, -0.25) is 9.78 Å². The van der Waals surface area contributed by atoms with Crippen molar-refractivity contribution < 1.29 is 9.53 Å². The van der Waals surface area contributed by atoms with Crippen LogP contribution in [0.1, 0.15) is 31.2 Å². The average Bonchev–Trinajstić information content (AvgIpc) is 3.32. The molecule has 1 aromatic heterocycles. The van der Waals surface area contributed by atoms with Gasteiger partial charge in [-0.25, -0.2) is 0 Å². The van der Waals surface area contributed by atoms with Gasteiger partial charge in [0.15, 0.2) is 0 Å². The van der Waals surface area contributed by atoms with E-state index in [4.69, 9.17) is 4.74 Å². The molecule has 1 saturated carbocycles. The van der Waals surface area contributed by atoms with E-state index in [9.17, 15) is 4.79 Å². The van der Waals surface area contributed by atoms with E-state index in [1.165, 1.54) is 12.8 Å². The van der Waals surface area contributed by atoms with E-state index < -0.39 is 0 Å². The van der Waals surface area contributed by atoms with Crippen molar-refractivity contribution in [1.82, 2.24) is 9.88 Å². The lowest BCUT2D eigenvalue weighted by Crippen LogP contribution is -2.42. The van der Waals surface area contributed by atoms with Gasteiger partial charge in [-0.15, -0.1) is 0 Å². The fourth-order valence-corrected chi connectivity index (χ4v) is 4.31. The SMILES string of the molecule is O=C([C@@H]1CCCO1)N(Cc1cccnc1)C[C@H]1C[C@@H]2C=C[C@H]1C2. The molecule has 2 aliphatic carbocycles. The highest BCUT2D eigenvalue weighted by atomic mass is 16.5. The van der Waals surface area contributed by atoms with Gasteiger partial charge in [-0.2, -0.15) is 0 Å². The largest absolute Gasteiger partial charge is 0.368 e. The predicted molar refractivity (Wildman–Crippen MR) is 87.5 cm³/mol. The summed E-state index contributed by atoms with van der Waals surface area (Å²) >= 11 is 0. The van der Waals surface area contributed by atoms with Crippen molar-refractivity contribution in [2.24, 2.45) is 17.8 Å². The molecule has 0 N–H and O–H groups in total. The lowest BCUT2D eigenvalue weighted by Gasteiger charge is -2.30. The number of ether oxygens (including phenoxy) is 1. The third-order valence-electron chi connectivity index (χ3n) is 5.48. The van der Waals surface area contributed by atoms with Crippen LogP contribution >= 0.6 is 0 Å². The predicted octanol–water partition coefficient (Wildman–Crippen LogP) is 2.80. The molecule has 4 nitrogen and oxygen atoms in total. The minimum Gasteiger partial charge on any atom is -0.368 e. The summed E-state index contributed by atoms with van der Waals surface area (Å²) in [4.78, 5) is 19.1. The van der Waals surface area contributed by atoms with Gasteiger partial charge in [-0.05, 0) is 55.1 Å². The van der Waals surface area contributed by atoms with Crippen molar-refractivity contribution in [2.75, 3.05) is 13.2 Å². The molecule has 1 aliphatic heterocycles. The highest BCUT2D eigenvalue weighted by Gasteiger charge is 2.38. The molecule has 2 heterocycles. The standard InChI is InChI=1S/C19H24N2O2/c22-19(18-4-2-8-23-18)21(12-15-3-1-7-20-11-15)13-17-10-14-5-6-16(17)9-14/h1,3,5-7,11,14,16-18H,2,4,8-10,12-13H2/t14-,16+,17-,18+/m1/s1. The number of nitrogens with zero attached hydrogens (tertiary/aromatic N) is 2. The molecule has 2 bridgehead atoms. The number of amides is 1. The second kappa shape index (κ2) is 6.44. The van der Waals surface area contributed by atoms with E-state index in [1.54, 1.807) is 6.20 Å². The smallest absolute Gasteiger partial charge is 0.252 e. The molecule has 4 atom stereocenters. The van der Waals surface area contributed by atoms with E-state index >= 15 is 0 Å². The van der Waals surface area contributed by atoms with Crippen LogP contribution in [0.5, 0.6) is 0 Å². The second-order valence-corrected chi connectivity index (χ2v) is 7.12. The maximum absolute atomic E-state index is 12.9. The van der Waals surface area contributed by atoms with Gasteiger partial charge in [0.05, 0.1) is 0 Å². The van der Waals surface area contributed by atoms with Gasteiger partial charge >= 0.3 is 0 Å². The molecule has 0 unspecified atom stereocenters. The third-order valence-corrected chi connectivity index (χ3v) is 5.48. The Morgan fingerprint density at radius 2 is 2.30 bits per heavy atom. The van der Waals surface area contributed by atoms with Crippen molar-refractivity contribution >= 4 is 5.91 Å². The van der Waals surface area contributed by atoms with Crippen molar-refractivity contribution in [3.63, 3.8) is 0 Å². The molecule has 4 heteroatoms. The first-order valence-electron chi connectivity index (χ1n) is 8.77. The van der Waals surface area contributed by atoms with Gasteiger partial charge in [0.2, 0.25) is 0 Å². The molecule has 0 spiro atoms. The highest BCUT2D eigenvalue weighted by Crippen LogP contribution is 2.43. The Morgan fingerprint density at radius 1 is 1.35 bits per heavy atom. The molecule has 23 heavy (non-hydrogen) atoms. The zero-order valence-electron chi connectivity index (χ0n) is 13.4. The summed E-state index contributed by atoms with van der Waals surface area (Å²) in [5.74, 6) is 2.17. The number of fused-ring (bicyclic) bond motifs is 2. The van der Waals surface area contributed by atoms with Crippen LogP contribution in [-0.2, 0) is 16.1 Å². The van der Waals surface area contributed by atoms with E-state index in [0.29, 0.717) is 25.0 Å². The quantitative estimate of drug-likeness (QED) is 0.785. The molecule has 1 amide bonds. The normalized spacial score (nSPS) is 31.7. The monoisotopic (exact) mass is 312 g/mol. The van der Waals surface area contributed by atoms with Crippen molar-refractivity contribution in [3.05, 3.63) is 42.2 Å². The lowest BCUT2D eigenvalue weighted by atomic mass is 9.92. The van der Waals surface area contributed by atoms with Crippen LogP contribution in [-0.4, -0.2) is 35.0 Å². The molecule has 1 aromatic rings. The fraction of sp³-hybridized carbons (Fsp3) is 0.579. The van der Waals surface area contributed by atoms with E-state index in [2.05, 4.69) is 17.1 Å². The van der Waals surface area contributed by atoms with Gasteiger partial charge in [0, 0.05) is 32.1 Å². The van der Waals surface area contributed by atoms with Crippen LogP contribution in [0.25, 0.3) is 0 Å². The maximum Gasteiger partial charge on any atom is 0.252 e. The minimum absolute atomic E-state index is 0.165. The number of carbonyl (C=O) groups excluding carboxylic acids is 1. The fourth-order valence-electron chi connectivity index (χ4n) is 4.31. The van der Waals surface area contributed by atoms with E-state index in [0.717, 1.165) is 30.9 Å². The summed E-state index contributed by atoms with van der Waals surface area (Å²) in [5, 5.41) is 0. The minimum atomic E-state index is -0.235. The summed E-state index contributed by atoms with van der Waals surface area (Å²) in [7, 11) is 0. The Morgan fingerprint density at radius 3 is 2.96 bits per heavy atom. The summed E-state index contributed by atoms with van der Waals surface area (Å²) in [6.07, 6.45) is 12.5. The van der Waals surface area contributed by atoms with Crippen molar-refractivity contribution in [3.8, 4) is 0 Å². The van der Waals surface area contributed by atoms with Crippen LogP contribution in [0, 0.1) is 17.8 Å². The zero-order chi connectivity index (χ0) is 15.6. The summed E-state index contributed by atoms with van der Waals surface area (Å²) in [6, 6.07) is 3.98. The van der Waals surface area contributed by atoms with Crippen molar-refractivity contribution in [2.45, 2.75) is 38.3 Å². The summed E-state index contributed by atoms with van der Waals surface area (Å²) < 4.78 is 5.64.